The number of phenolic OH excluding ortho intramolecular Hbond substituents is 1. The zero-order chi connectivity index (χ0) is 11.7. The van der Waals surface area contributed by atoms with E-state index in [0.29, 0.717) is 16.3 Å². The van der Waals surface area contributed by atoms with E-state index in [1.165, 1.54) is 0 Å². The van der Waals surface area contributed by atoms with Crippen molar-refractivity contribution in [1.82, 2.24) is 0 Å². The molecule has 3 N–H and O–H groups in total. The summed E-state index contributed by atoms with van der Waals surface area (Å²) in [5, 5.41) is 10.3. The van der Waals surface area contributed by atoms with Gasteiger partial charge in [-0.2, -0.15) is 0 Å². The van der Waals surface area contributed by atoms with Crippen molar-refractivity contribution >= 4 is 17.3 Å². The van der Waals surface area contributed by atoms with E-state index in [4.69, 9.17) is 17.3 Å². The Balaban J connectivity index is 2.63. The molecule has 0 spiro atoms. The maximum atomic E-state index is 9.78. The Kier molecular flexibility index (Phi) is 2.75. The average molecular weight is 234 g/mol. The molecule has 2 aromatic rings. The zero-order valence-corrected chi connectivity index (χ0v) is 9.62. The molecule has 16 heavy (non-hydrogen) atoms. The summed E-state index contributed by atoms with van der Waals surface area (Å²) in [7, 11) is 0. The van der Waals surface area contributed by atoms with E-state index in [-0.39, 0.29) is 5.75 Å². The molecule has 0 unspecified atom stereocenters. The molecule has 2 nitrogen and oxygen atoms in total. The van der Waals surface area contributed by atoms with Crippen molar-refractivity contribution in [3.8, 4) is 16.9 Å². The van der Waals surface area contributed by atoms with Gasteiger partial charge in [0.1, 0.15) is 5.75 Å². The van der Waals surface area contributed by atoms with Crippen LogP contribution in [0.3, 0.4) is 0 Å². The molecule has 0 fully saturated rings. The first-order chi connectivity index (χ1) is 7.59. The molecule has 0 saturated carbocycles. The van der Waals surface area contributed by atoms with E-state index in [9.17, 15) is 5.11 Å². The molecular weight excluding hydrogens is 222 g/mol. The molecular formula is C13H12ClNO. The predicted octanol–water partition coefficient (Wildman–Crippen LogP) is 3.60. The quantitative estimate of drug-likeness (QED) is 0.740. The first-order valence-electron chi connectivity index (χ1n) is 4.93. The topological polar surface area (TPSA) is 46.2 Å². The van der Waals surface area contributed by atoms with E-state index in [2.05, 4.69) is 0 Å². The minimum atomic E-state index is 0.163. The van der Waals surface area contributed by atoms with Gasteiger partial charge in [-0.25, -0.2) is 0 Å². The lowest BCUT2D eigenvalue weighted by Crippen LogP contribution is -1.90. The van der Waals surface area contributed by atoms with Gasteiger partial charge in [-0.1, -0.05) is 29.8 Å². The molecule has 0 heterocycles. The first kappa shape index (κ1) is 10.8. The number of phenols is 1. The minimum absolute atomic E-state index is 0.163. The number of hydrogen-bond acceptors (Lipinski definition) is 2. The molecule has 0 atom stereocenters. The Morgan fingerprint density at radius 3 is 2.56 bits per heavy atom. The predicted molar refractivity (Wildman–Crippen MR) is 67.7 cm³/mol. The first-order valence-corrected chi connectivity index (χ1v) is 5.31. The van der Waals surface area contributed by atoms with Crippen LogP contribution in [0.5, 0.6) is 5.75 Å². The average Bonchev–Trinajstić information content (AvgIpc) is 2.23. The minimum Gasteiger partial charge on any atom is -0.507 e. The standard InChI is InChI=1S/C13H12ClNO/c1-8-5-6-9(7-11(8)15)13-10(14)3-2-4-12(13)16/h2-7,16H,15H2,1H3. The SMILES string of the molecule is Cc1ccc(-c2c(O)cccc2Cl)cc1N. The van der Waals surface area contributed by atoms with Crippen molar-refractivity contribution in [3.63, 3.8) is 0 Å². The molecule has 3 heteroatoms. The van der Waals surface area contributed by atoms with Crippen LogP contribution in [0.25, 0.3) is 11.1 Å². The van der Waals surface area contributed by atoms with E-state index in [1.54, 1.807) is 18.2 Å². The van der Waals surface area contributed by atoms with Crippen LogP contribution < -0.4 is 5.73 Å². The second-order valence-corrected chi connectivity index (χ2v) is 4.11. The van der Waals surface area contributed by atoms with Gasteiger partial charge < -0.3 is 10.8 Å². The lowest BCUT2D eigenvalue weighted by molar-refractivity contribution is 0.477. The number of hydrogen-bond donors (Lipinski definition) is 2. The summed E-state index contributed by atoms with van der Waals surface area (Å²) >= 11 is 6.06. The summed E-state index contributed by atoms with van der Waals surface area (Å²) in [4.78, 5) is 0. The van der Waals surface area contributed by atoms with Gasteiger partial charge in [-0.05, 0) is 36.2 Å². The molecule has 0 bridgehead atoms. The van der Waals surface area contributed by atoms with Gasteiger partial charge in [0.05, 0.1) is 5.02 Å². The van der Waals surface area contributed by atoms with Gasteiger partial charge >= 0.3 is 0 Å². The summed E-state index contributed by atoms with van der Waals surface area (Å²) in [6, 6.07) is 10.7. The highest BCUT2D eigenvalue weighted by atomic mass is 35.5. The molecule has 2 aromatic carbocycles. The number of aryl methyl sites for hydroxylation is 1. The van der Waals surface area contributed by atoms with Crippen LogP contribution in [0.15, 0.2) is 36.4 Å². The van der Waals surface area contributed by atoms with Crippen LogP contribution in [0.2, 0.25) is 5.02 Å². The van der Waals surface area contributed by atoms with Crippen LogP contribution in [-0.4, -0.2) is 5.11 Å². The van der Waals surface area contributed by atoms with Crippen molar-refractivity contribution in [2.24, 2.45) is 0 Å². The summed E-state index contributed by atoms with van der Waals surface area (Å²) in [5.41, 5.74) is 8.98. The smallest absolute Gasteiger partial charge is 0.124 e. The Bertz CT molecular complexity index is 517. The summed E-state index contributed by atoms with van der Waals surface area (Å²) < 4.78 is 0. The van der Waals surface area contributed by atoms with Gasteiger partial charge in [-0.15, -0.1) is 0 Å². The number of aromatic hydroxyl groups is 1. The molecule has 82 valence electrons. The van der Waals surface area contributed by atoms with Gasteiger partial charge in [0, 0.05) is 11.3 Å². The number of rotatable bonds is 1. The van der Waals surface area contributed by atoms with Crippen LogP contribution in [0, 0.1) is 6.92 Å². The van der Waals surface area contributed by atoms with Gasteiger partial charge in [-0.3, -0.25) is 0 Å². The third-order valence-corrected chi connectivity index (χ3v) is 2.87. The highest BCUT2D eigenvalue weighted by Gasteiger charge is 2.09. The van der Waals surface area contributed by atoms with Crippen LogP contribution in [0.4, 0.5) is 5.69 Å². The third-order valence-electron chi connectivity index (χ3n) is 2.56. The number of nitrogens with two attached hydrogens (primary N) is 1. The normalized spacial score (nSPS) is 10.4. The largest absolute Gasteiger partial charge is 0.507 e. The maximum Gasteiger partial charge on any atom is 0.124 e. The monoisotopic (exact) mass is 233 g/mol. The lowest BCUT2D eigenvalue weighted by atomic mass is 10.0. The summed E-state index contributed by atoms with van der Waals surface area (Å²) in [6.07, 6.45) is 0. The lowest BCUT2D eigenvalue weighted by Gasteiger charge is -2.09. The van der Waals surface area contributed by atoms with E-state index in [0.717, 1.165) is 11.1 Å². The van der Waals surface area contributed by atoms with Gasteiger partial charge in [0.2, 0.25) is 0 Å². The zero-order valence-electron chi connectivity index (χ0n) is 8.87. The van der Waals surface area contributed by atoms with Crippen molar-refractivity contribution in [2.45, 2.75) is 6.92 Å². The molecule has 2 rings (SSSR count). The van der Waals surface area contributed by atoms with Crippen molar-refractivity contribution in [2.75, 3.05) is 5.73 Å². The van der Waals surface area contributed by atoms with Gasteiger partial charge in [0.15, 0.2) is 0 Å². The number of halogens is 1. The highest BCUT2D eigenvalue weighted by molar-refractivity contribution is 6.33. The maximum absolute atomic E-state index is 9.78. The fourth-order valence-corrected chi connectivity index (χ4v) is 1.87. The Morgan fingerprint density at radius 2 is 1.94 bits per heavy atom. The molecule has 0 aliphatic rings. The Hall–Kier alpha value is -1.67. The van der Waals surface area contributed by atoms with Crippen molar-refractivity contribution in [1.29, 1.82) is 0 Å². The summed E-state index contributed by atoms with van der Waals surface area (Å²) in [5.74, 6) is 0.163. The van der Waals surface area contributed by atoms with Gasteiger partial charge in [0.25, 0.3) is 0 Å². The van der Waals surface area contributed by atoms with E-state index < -0.39 is 0 Å². The van der Waals surface area contributed by atoms with Crippen LogP contribution in [-0.2, 0) is 0 Å². The molecule has 0 aliphatic heterocycles. The highest BCUT2D eigenvalue weighted by Crippen LogP contribution is 2.36. The van der Waals surface area contributed by atoms with Crippen molar-refractivity contribution < 1.29 is 5.11 Å². The fourth-order valence-electron chi connectivity index (χ4n) is 1.59. The second-order valence-electron chi connectivity index (χ2n) is 3.71. The third kappa shape index (κ3) is 1.84. The fraction of sp³-hybridized carbons (Fsp3) is 0.0769. The van der Waals surface area contributed by atoms with Crippen LogP contribution >= 0.6 is 11.6 Å². The van der Waals surface area contributed by atoms with E-state index in [1.807, 2.05) is 25.1 Å². The Morgan fingerprint density at radius 1 is 1.19 bits per heavy atom. The van der Waals surface area contributed by atoms with E-state index >= 15 is 0 Å². The number of benzene rings is 2. The summed E-state index contributed by atoms with van der Waals surface area (Å²) in [6.45, 7) is 1.94. The molecule has 0 amide bonds. The molecule has 0 aliphatic carbocycles. The van der Waals surface area contributed by atoms with Crippen LogP contribution in [0.1, 0.15) is 5.56 Å². The number of nitrogen functional groups attached to an aromatic ring is 1. The molecule has 0 saturated heterocycles. The molecule has 0 radical (unpaired) electrons. The van der Waals surface area contributed by atoms with Crippen molar-refractivity contribution in [3.05, 3.63) is 47.0 Å². The number of anilines is 1. The molecule has 0 aromatic heterocycles. The Labute approximate surface area is 99.3 Å². The second kappa shape index (κ2) is 4.06.